The smallest absolute Gasteiger partial charge is 0.256 e. The van der Waals surface area contributed by atoms with E-state index in [1.807, 2.05) is 29.9 Å². The van der Waals surface area contributed by atoms with Crippen molar-refractivity contribution in [1.29, 1.82) is 0 Å². The van der Waals surface area contributed by atoms with Gasteiger partial charge in [0.1, 0.15) is 11.5 Å². The summed E-state index contributed by atoms with van der Waals surface area (Å²) in [5.74, 6) is 0.815. The molecule has 0 bridgehead atoms. The molecule has 1 aliphatic rings. The fourth-order valence-corrected chi connectivity index (χ4v) is 3.02. The first-order chi connectivity index (χ1) is 11.7. The van der Waals surface area contributed by atoms with Crippen molar-refractivity contribution in [2.45, 2.75) is 18.8 Å². The maximum absolute atomic E-state index is 12.5. The summed E-state index contributed by atoms with van der Waals surface area (Å²) in [5, 5.41) is 7.45. The highest BCUT2D eigenvalue weighted by atomic mass is 16.5. The van der Waals surface area contributed by atoms with Gasteiger partial charge in [-0.05, 0) is 25.0 Å². The number of carbonyl (C=O) groups is 1. The molecule has 1 amide bonds. The molecular weight excluding hydrogens is 306 g/mol. The number of fused-ring (bicyclic) bond motifs is 1. The van der Waals surface area contributed by atoms with Crippen LogP contribution in [0.3, 0.4) is 0 Å². The minimum absolute atomic E-state index is 0.171. The third-order valence-corrected chi connectivity index (χ3v) is 4.38. The Hall–Kier alpha value is -2.67. The van der Waals surface area contributed by atoms with Crippen molar-refractivity contribution in [2.75, 3.05) is 18.5 Å². The minimum Gasteiger partial charge on any atom is -0.381 e. The summed E-state index contributed by atoms with van der Waals surface area (Å²) in [7, 11) is 1.83. The highest BCUT2D eigenvalue weighted by Gasteiger charge is 2.20. The Bertz CT molecular complexity index is 876. The number of anilines is 1. The van der Waals surface area contributed by atoms with Gasteiger partial charge in [-0.3, -0.25) is 9.48 Å². The zero-order chi connectivity index (χ0) is 16.5. The number of carbonyl (C=O) groups excluding carboxylic acids is 1. The molecule has 0 spiro atoms. The van der Waals surface area contributed by atoms with Gasteiger partial charge < -0.3 is 14.5 Å². The predicted molar refractivity (Wildman–Crippen MR) is 89.1 cm³/mol. The summed E-state index contributed by atoms with van der Waals surface area (Å²) in [4.78, 5) is 16.7. The largest absolute Gasteiger partial charge is 0.381 e. The molecule has 1 aliphatic heterocycles. The van der Waals surface area contributed by atoms with E-state index in [9.17, 15) is 4.79 Å². The van der Waals surface area contributed by atoms with Crippen LogP contribution in [0.1, 0.15) is 34.8 Å². The van der Waals surface area contributed by atoms with Crippen LogP contribution in [0.15, 0.2) is 36.8 Å². The SMILES string of the molecule is Cn1nc(C2CCCOC2)cc1NC(=O)c1ccn2ccnc2c1. The molecular formula is C17H19N5O2. The van der Waals surface area contributed by atoms with Crippen molar-refractivity contribution >= 4 is 17.4 Å². The van der Waals surface area contributed by atoms with Crippen LogP contribution in [0.2, 0.25) is 0 Å². The Morgan fingerprint density at radius 2 is 2.29 bits per heavy atom. The molecule has 1 unspecified atom stereocenters. The zero-order valence-corrected chi connectivity index (χ0v) is 13.5. The monoisotopic (exact) mass is 325 g/mol. The third-order valence-electron chi connectivity index (χ3n) is 4.38. The molecule has 1 fully saturated rings. The lowest BCUT2D eigenvalue weighted by Crippen LogP contribution is -2.16. The molecule has 3 aromatic heterocycles. The maximum atomic E-state index is 12.5. The maximum Gasteiger partial charge on any atom is 0.256 e. The number of amides is 1. The third kappa shape index (κ3) is 2.78. The molecule has 0 radical (unpaired) electrons. The van der Waals surface area contributed by atoms with Crippen molar-refractivity contribution in [3.05, 3.63) is 48.0 Å². The summed E-state index contributed by atoms with van der Waals surface area (Å²) in [5.41, 5.74) is 2.28. The van der Waals surface area contributed by atoms with Gasteiger partial charge in [0, 0.05) is 49.8 Å². The molecule has 0 saturated carbocycles. The lowest BCUT2D eigenvalue weighted by molar-refractivity contribution is 0.0791. The number of imidazole rings is 1. The van der Waals surface area contributed by atoms with Gasteiger partial charge >= 0.3 is 0 Å². The standard InChI is InChI=1S/C17H19N5O2/c1-21-16(10-14(20-21)13-3-2-8-24-11-13)19-17(23)12-4-6-22-7-5-18-15(22)9-12/h4-7,9-10,13H,2-3,8,11H2,1H3,(H,19,23). The van der Waals surface area contributed by atoms with Gasteiger partial charge in [0.2, 0.25) is 0 Å². The van der Waals surface area contributed by atoms with E-state index in [0.717, 1.165) is 30.8 Å². The Morgan fingerprint density at radius 1 is 1.38 bits per heavy atom. The van der Waals surface area contributed by atoms with Gasteiger partial charge in [-0.25, -0.2) is 4.98 Å². The van der Waals surface area contributed by atoms with E-state index in [2.05, 4.69) is 15.4 Å². The average molecular weight is 325 g/mol. The summed E-state index contributed by atoms with van der Waals surface area (Å²) < 4.78 is 9.09. The first kappa shape index (κ1) is 14.9. The molecule has 3 aromatic rings. The number of hydrogen-bond donors (Lipinski definition) is 1. The van der Waals surface area contributed by atoms with Gasteiger partial charge in [-0.2, -0.15) is 5.10 Å². The Kier molecular flexibility index (Phi) is 3.78. The summed E-state index contributed by atoms with van der Waals surface area (Å²) >= 11 is 0. The number of nitrogens with zero attached hydrogens (tertiary/aromatic N) is 4. The normalized spacial score (nSPS) is 18.0. The van der Waals surface area contributed by atoms with Gasteiger partial charge in [0.05, 0.1) is 12.3 Å². The van der Waals surface area contributed by atoms with E-state index in [1.54, 1.807) is 23.0 Å². The highest BCUT2D eigenvalue weighted by Crippen LogP contribution is 2.26. The number of aryl methyl sites for hydroxylation is 1. The van der Waals surface area contributed by atoms with Crippen LogP contribution in [0.5, 0.6) is 0 Å². The van der Waals surface area contributed by atoms with Crippen molar-refractivity contribution in [1.82, 2.24) is 19.2 Å². The van der Waals surface area contributed by atoms with Gasteiger partial charge in [-0.1, -0.05) is 0 Å². The second-order valence-corrected chi connectivity index (χ2v) is 6.05. The number of hydrogen-bond acceptors (Lipinski definition) is 4. The number of rotatable bonds is 3. The summed E-state index contributed by atoms with van der Waals surface area (Å²) in [6, 6.07) is 5.48. The van der Waals surface area contributed by atoms with E-state index in [4.69, 9.17) is 4.74 Å². The van der Waals surface area contributed by atoms with E-state index in [0.29, 0.717) is 23.9 Å². The fraction of sp³-hybridized carbons (Fsp3) is 0.353. The van der Waals surface area contributed by atoms with Crippen LogP contribution in [0, 0.1) is 0 Å². The minimum atomic E-state index is -0.171. The lowest BCUT2D eigenvalue weighted by atomic mass is 9.99. The van der Waals surface area contributed by atoms with Crippen LogP contribution >= 0.6 is 0 Å². The fourth-order valence-electron chi connectivity index (χ4n) is 3.02. The van der Waals surface area contributed by atoms with Crippen molar-refractivity contribution < 1.29 is 9.53 Å². The van der Waals surface area contributed by atoms with Crippen molar-refractivity contribution in [2.24, 2.45) is 7.05 Å². The second-order valence-electron chi connectivity index (χ2n) is 6.05. The predicted octanol–water partition coefficient (Wildman–Crippen LogP) is 2.21. The van der Waals surface area contributed by atoms with Crippen LogP contribution in [-0.4, -0.2) is 38.3 Å². The number of pyridine rings is 1. The van der Waals surface area contributed by atoms with E-state index in [-0.39, 0.29) is 5.91 Å². The highest BCUT2D eigenvalue weighted by molar-refractivity contribution is 6.04. The molecule has 4 heterocycles. The molecule has 7 nitrogen and oxygen atoms in total. The molecule has 24 heavy (non-hydrogen) atoms. The van der Waals surface area contributed by atoms with Crippen LogP contribution < -0.4 is 5.32 Å². The van der Waals surface area contributed by atoms with Crippen molar-refractivity contribution in [3.63, 3.8) is 0 Å². The number of aromatic nitrogens is 4. The quantitative estimate of drug-likeness (QED) is 0.801. The molecule has 1 atom stereocenters. The van der Waals surface area contributed by atoms with Gasteiger partial charge in [0.25, 0.3) is 5.91 Å². The molecule has 124 valence electrons. The Morgan fingerprint density at radius 3 is 3.12 bits per heavy atom. The summed E-state index contributed by atoms with van der Waals surface area (Å²) in [6.45, 7) is 1.52. The number of ether oxygens (including phenoxy) is 1. The zero-order valence-electron chi connectivity index (χ0n) is 13.5. The first-order valence-electron chi connectivity index (χ1n) is 8.06. The Labute approximate surface area is 139 Å². The van der Waals surface area contributed by atoms with Gasteiger partial charge in [0.15, 0.2) is 0 Å². The van der Waals surface area contributed by atoms with Crippen LogP contribution in [0.4, 0.5) is 5.82 Å². The van der Waals surface area contributed by atoms with E-state index < -0.39 is 0 Å². The summed E-state index contributed by atoms with van der Waals surface area (Å²) in [6.07, 6.45) is 7.49. The van der Waals surface area contributed by atoms with Crippen molar-refractivity contribution in [3.8, 4) is 0 Å². The molecule has 0 aromatic carbocycles. The van der Waals surface area contributed by atoms with Crippen LogP contribution in [-0.2, 0) is 11.8 Å². The number of nitrogens with one attached hydrogen (secondary N) is 1. The Balaban J connectivity index is 1.53. The lowest BCUT2D eigenvalue weighted by Gasteiger charge is -2.19. The molecule has 0 aliphatic carbocycles. The van der Waals surface area contributed by atoms with Crippen LogP contribution in [0.25, 0.3) is 5.65 Å². The van der Waals surface area contributed by atoms with E-state index >= 15 is 0 Å². The molecule has 4 rings (SSSR count). The average Bonchev–Trinajstić information content (AvgIpc) is 3.22. The second kappa shape index (κ2) is 6.09. The van der Waals surface area contributed by atoms with Gasteiger partial charge in [-0.15, -0.1) is 0 Å². The first-order valence-corrected chi connectivity index (χ1v) is 8.06. The topological polar surface area (TPSA) is 73.5 Å². The van der Waals surface area contributed by atoms with E-state index in [1.165, 1.54) is 0 Å². The molecule has 1 N–H and O–H groups in total. The molecule has 1 saturated heterocycles. The molecule has 7 heteroatoms.